The quantitative estimate of drug-likeness (QED) is 0.710. The van der Waals surface area contributed by atoms with Gasteiger partial charge in [0.25, 0.3) is 0 Å². The molecule has 2 nitrogen and oxygen atoms in total. The van der Waals surface area contributed by atoms with E-state index in [2.05, 4.69) is 72.7 Å². The number of nitrogens with zero attached hydrogens (tertiary/aromatic N) is 1. The van der Waals surface area contributed by atoms with Crippen LogP contribution in [0, 0.1) is 0 Å². The van der Waals surface area contributed by atoms with Crippen molar-refractivity contribution >= 4 is 22.3 Å². The normalized spacial score (nSPS) is 10.9. The SMILES string of the molecule is CC(C)c1ccccc1Nc1cccc2cccnc12. The van der Waals surface area contributed by atoms with Crippen LogP contribution >= 0.6 is 0 Å². The Morgan fingerprint density at radius 1 is 0.850 bits per heavy atom. The number of hydrogen-bond acceptors (Lipinski definition) is 2. The topological polar surface area (TPSA) is 24.9 Å². The molecule has 0 bridgehead atoms. The lowest BCUT2D eigenvalue weighted by Crippen LogP contribution is -1.98. The molecule has 0 aliphatic carbocycles. The maximum absolute atomic E-state index is 4.49. The molecule has 0 radical (unpaired) electrons. The highest BCUT2D eigenvalue weighted by Gasteiger charge is 2.07. The summed E-state index contributed by atoms with van der Waals surface area (Å²) in [5, 5.41) is 4.69. The van der Waals surface area contributed by atoms with E-state index in [1.807, 2.05) is 12.3 Å². The fraction of sp³-hybridized carbons (Fsp3) is 0.167. The predicted octanol–water partition coefficient (Wildman–Crippen LogP) is 5.10. The van der Waals surface area contributed by atoms with Crippen molar-refractivity contribution in [3.8, 4) is 0 Å². The van der Waals surface area contributed by atoms with Crippen molar-refractivity contribution in [1.29, 1.82) is 0 Å². The van der Waals surface area contributed by atoms with Gasteiger partial charge >= 0.3 is 0 Å². The third kappa shape index (κ3) is 2.37. The van der Waals surface area contributed by atoms with Gasteiger partial charge in [-0.25, -0.2) is 0 Å². The molecular formula is C18H18N2. The Bertz CT molecular complexity index is 727. The number of pyridine rings is 1. The van der Waals surface area contributed by atoms with E-state index in [1.165, 1.54) is 5.56 Å². The summed E-state index contributed by atoms with van der Waals surface area (Å²) in [6.45, 7) is 4.42. The summed E-state index contributed by atoms with van der Waals surface area (Å²) in [5.41, 5.74) is 4.53. The zero-order valence-corrected chi connectivity index (χ0v) is 11.8. The second-order valence-electron chi connectivity index (χ2n) is 5.25. The Morgan fingerprint density at radius 3 is 2.45 bits per heavy atom. The van der Waals surface area contributed by atoms with Crippen LogP contribution in [-0.2, 0) is 0 Å². The highest BCUT2D eigenvalue weighted by Crippen LogP contribution is 2.29. The van der Waals surface area contributed by atoms with Crippen molar-refractivity contribution in [2.45, 2.75) is 19.8 Å². The van der Waals surface area contributed by atoms with Crippen LogP contribution in [0.15, 0.2) is 60.8 Å². The van der Waals surface area contributed by atoms with E-state index in [9.17, 15) is 0 Å². The van der Waals surface area contributed by atoms with Crippen LogP contribution in [-0.4, -0.2) is 4.98 Å². The van der Waals surface area contributed by atoms with Crippen molar-refractivity contribution in [2.75, 3.05) is 5.32 Å². The number of aromatic nitrogens is 1. The number of hydrogen-bond donors (Lipinski definition) is 1. The number of nitrogens with one attached hydrogen (secondary N) is 1. The van der Waals surface area contributed by atoms with Gasteiger partial charge in [-0.2, -0.15) is 0 Å². The molecule has 2 aromatic carbocycles. The van der Waals surface area contributed by atoms with Crippen LogP contribution in [0.4, 0.5) is 11.4 Å². The fourth-order valence-corrected chi connectivity index (χ4v) is 2.46. The second kappa shape index (κ2) is 5.33. The minimum Gasteiger partial charge on any atom is -0.354 e. The van der Waals surface area contributed by atoms with Crippen LogP contribution in [0.2, 0.25) is 0 Å². The van der Waals surface area contributed by atoms with Gasteiger partial charge in [0.2, 0.25) is 0 Å². The van der Waals surface area contributed by atoms with E-state index in [-0.39, 0.29) is 0 Å². The fourth-order valence-electron chi connectivity index (χ4n) is 2.46. The molecule has 3 rings (SSSR count). The molecule has 20 heavy (non-hydrogen) atoms. The third-order valence-corrected chi connectivity index (χ3v) is 3.48. The first-order valence-electron chi connectivity index (χ1n) is 6.95. The Balaban J connectivity index is 2.06. The molecule has 1 N–H and O–H groups in total. The summed E-state index contributed by atoms with van der Waals surface area (Å²) in [4.78, 5) is 4.49. The molecule has 0 aliphatic rings. The summed E-state index contributed by atoms with van der Waals surface area (Å²) in [7, 11) is 0. The standard InChI is InChI=1S/C18H18N2/c1-13(2)15-9-3-4-10-16(15)20-17-11-5-7-14-8-6-12-19-18(14)17/h3-13,20H,1-2H3. The van der Waals surface area contributed by atoms with Gasteiger partial charge in [-0.1, -0.05) is 50.2 Å². The van der Waals surface area contributed by atoms with Crippen LogP contribution in [0.3, 0.4) is 0 Å². The monoisotopic (exact) mass is 262 g/mol. The van der Waals surface area contributed by atoms with Gasteiger partial charge in [0, 0.05) is 17.3 Å². The number of rotatable bonds is 3. The van der Waals surface area contributed by atoms with Crippen LogP contribution in [0.25, 0.3) is 10.9 Å². The molecule has 0 fully saturated rings. The lowest BCUT2D eigenvalue weighted by atomic mass is 10.0. The summed E-state index contributed by atoms with van der Waals surface area (Å²) >= 11 is 0. The summed E-state index contributed by atoms with van der Waals surface area (Å²) in [6.07, 6.45) is 1.84. The van der Waals surface area contributed by atoms with Crippen molar-refractivity contribution < 1.29 is 0 Å². The Hall–Kier alpha value is -2.35. The van der Waals surface area contributed by atoms with Crippen LogP contribution in [0.1, 0.15) is 25.3 Å². The van der Waals surface area contributed by atoms with E-state index in [0.29, 0.717) is 5.92 Å². The summed E-state index contributed by atoms with van der Waals surface area (Å²) < 4.78 is 0. The molecule has 0 saturated heterocycles. The summed E-state index contributed by atoms with van der Waals surface area (Å²) in [5.74, 6) is 0.488. The molecule has 0 atom stereocenters. The first kappa shape index (κ1) is 12.7. The average molecular weight is 262 g/mol. The van der Waals surface area contributed by atoms with E-state index in [4.69, 9.17) is 0 Å². The minimum atomic E-state index is 0.488. The van der Waals surface area contributed by atoms with Gasteiger partial charge in [-0.05, 0) is 29.7 Å². The number of benzene rings is 2. The number of para-hydroxylation sites is 2. The van der Waals surface area contributed by atoms with E-state index in [0.717, 1.165) is 22.3 Å². The van der Waals surface area contributed by atoms with Gasteiger partial charge in [-0.15, -0.1) is 0 Å². The molecule has 100 valence electrons. The van der Waals surface area contributed by atoms with Crippen molar-refractivity contribution in [3.05, 3.63) is 66.4 Å². The lowest BCUT2D eigenvalue weighted by molar-refractivity contribution is 0.869. The highest BCUT2D eigenvalue weighted by molar-refractivity contribution is 5.92. The maximum atomic E-state index is 4.49. The largest absolute Gasteiger partial charge is 0.354 e. The van der Waals surface area contributed by atoms with Gasteiger partial charge in [0.1, 0.15) is 0 Å². The van der Waals surface area contributed by atoms with Crippen molar-refractivity contribution in [2.24, 2.45) is 0 Å². The van der Waals surface area contributed by atoms with Crippen molar-refractivity contribution in [1.82, 2.24) is 4.98 Å². The lowest BCUT2D eigenvalue weighted by Gasteiger charge is -2.15. The smallest absolute Gasteiger partial charge is 0.0936 e. The van der Waals surface area contributed by atoms with E-state index in [1.54, 1.807) is 0 Å². The van der Waals surface area contributed by atoms with Gasteiger partial charge < -0.3 is 5.32 Å². The minimum absolute atomic E-state index is 0.488. The third-order valence-electron chi connectivity index (χ3n) is 3.48. The van der Waals surface area contributed by atoms with Crippen LogP contribution in [0.5, 0.6) is 0 Å². The molecule has 0 aliphatic heterocycles. The molecule has 1 heterocycles. The zero-order chi connectivity index (χ0) is 13.9. The Labute approximate surface area is 119 Å². The van der Waals surface area contributed by atoms with E-state index >= 15 is 0 Å². The highest BCUT2D eigenvalue weighted by atomic mass is 14.9. The number of anilines is 2. The molecule has 0 amide bonds. The van der Waals surface area contributed by atoms with Gasteiger partial charge in [-0.3, -0.25) is 4.98 Å². The Morgan fingerprint density at radius 2 is 1.60 bits per heavy atom. The van der Waals surface area contributed by atoms with Gasteiger partial charge in [0.15, 0.2) is 0 Å². The molecule has 3 aromatic rings. The molecule has 0 unspecified atom stereocenters. The van der Waals surface area contributed by atoms with Crippen LogP contribution < -0.4 is 5.32 Å². The molecule has 2 heteroatoms. The first-order valence-corrected chi connectivity index (χ1v) is 6.95. The zero-order valence-electron chi connectivity index (χ0n) is 11.8. The maximum Gasteiger partial charge on any atom is 0.0936 e. The Kier molecular flexibility index (Phi) is 3.38. The second-order valence-corrected chi connectivity index (χ2v) is 5.25. The van der Waals surface area contributed by atoms with Gasteiger partial charge in [0.05, 0.1) is 11.2 Å². The summed E-state index contributed by atoms with van der Waals surface area (Å²) in [6, 6.07) is 18.7. The van der Waals surface area contributed by atoms with E-state index < -0.39 is 0 Å². The molecule has 1 aromatic heterocycles. The molecule has 0 saturated carbocycles. The predicted molar refractivity (Wildman–Crippen MR) is 85.6 cm³/mol. The first-order chi connectivity index (χ1) is 9.75. The number of fused-ring (bicyclic) bond motifs is 1. The molecule has 0 spiro atoms. The average Bonchev–Trinajstić information content (AvgIpc) is 2.48. The molecular weight excluding hydrogens is 244 g/mol. The van der Waals surface area contributed by atoms with Crippen molar-refractivity contribution in [3.63, 3.8) is 0 Å².